The Morgan fingerprint density at radius 3 is 2.39 bits per heavy atom. The molecule has 0 aliphatic heterocycles. The summed E-state index contributed by atoms with van der Waals surface area (Å²) in [5, 5.41) is 0. The zero-order valence-electron chi connectivity index (χ0n) is 10.4. The maximum Gasteiger partial charge on any atom is 0.254 e. The van der Waals surface area contributed by atoms with Gasteiger partial charge < -0.3 is 4.90 Å². The Morgan fingerprint density at radius 1 is 1.11 bits per heavy atom. The lowest BCUT2D eigenvalue weighted by Crippen LogP contribution is -2.40. The van der Waals surface area contributed by atoms with Gasteiger partial charge in [-0.3, -0.25) is 4.79 Å². The summed E-state index contributed by atoms with van der Waals surface area (Å²) in [4.78, 5) is 14.6. The zero-order chi connectivity index (χ0) is 12.5. The van der Waals surface area contributed by atoms with Crippen LogP contribution in [-0.2, 0) is 0 Å². The van der Waals surface area contributed by atoms with Crippen LogP contribution in [0, 0.1) is 5.82 Å². The van der Waals surface area contributed by atoms with E-state index in [0.717, 1.165) is 25.7 Å². The number of hydrogen-bond donors (Lipinski definition) is 0. The van der Waals surface area contributed by atoms with Gasteiger partial charge in [0.05, 0.1) is 0 Å². The number of carbonyl (C=O) groups excluding carboxylic acids is 1. The Bertz CT molecular complexity index is 450. The van der Waals surface area contributed by atoms with Crippen molar-refractivity contribution in [2.75, 3.05) is 0 Å². The number of amides is 1. The lowest BCUT2D eigenvalue weighted by molar-refractivity contribution is 0.0664. The molecule has 0 saturated heterocycles. The monoisotopic (exact) mass is 247 g/mol. The predicted octanol–water partition coefficient (Wildman–Crippen LogP) is 3.37. The van der Waals surface area contributed by atoms with Crippen LogP contribution in [0.3, 0.4) is 0 Å². The van der Waals surface area contributed by atoms with E-state index in [1.165, 1.54) is 25.0 Å². The van der Waals surface area contributed by atoms with Crippen molar-refractivity contribution in [1.29, 1.82) is 0 Å². The SMILES string of the molecule is O=C(c1cccc(F)c1)N(C1CCCC1)C1CC1. The Kier molecular flexibility index (Phi) is 3.06. The third-order valence-corrected chi connectivity index (χ3v) is 3.96. The first-order valence-corrected chi connectivity index (χ1v) is 6.84. The van der Waals surface area contributed by atoms with Crippen LogP contribution in [0.1, 0.15) is 48.9 Å². The van der Waals surface area contributed by atoms with Crippen molar-refractivity contribution in [2.45, 2.75) is 50.6 Å². The van der Waals surface area contributed by atoms with Crippen LogP contribution in [0.5, 0.6) is 0 Å². The maximum atomic E-state index is 13.2. The first-order chi connectivity index (χ1) is 8.75. The predicted molar refractivity (Wildman–Crippen MR) is 67.8 cm³/mol. The van der Waals surface area contributed by atoms with E-state index in [1.807, 2.05) is 4.90 Å². The molecule has 2 fully saturated rings. The van der Waals surface area contributed by atoms with E-state index in [4.69, 9.17) is 0 Å². The van der Waals surface area contributed by atoms with Gasteiger partial charge in [-0.1, -0.05) is 18.9 Å². The maximum absolute atomic E-state index is 13.2. The largest absolute Gasteiger partial charge is 0.333 e. The first kappa shape index (κ1) is 11.7. The Hall–Kier alpha value is -1.38. The molecule has 96 valence electrons. The molecular weight excluding hydrogens is 229 g/mol. The fourth-order valence-electron chi connectivity index (χ4n) is 2.94. The minimum absolute atomic E-state index is 0.0175. The van der Waals surface area contributed by atoms with E-state index < -0.39 is 0 Å². The summed E-state index contributed by atoms with van der Waals surface area (Å²) >= 11 is 0. The number of hydrogen-bond acceptors (Lipinski definition) is 1. The minimum atomic E-state index is -0.331. The van der Waals surface area contributed by atoms with E-state index >= 15 is 0 Å². The van der Waals surface area contributed by atoms with Crippen molar-refractivity contribution >= 4 is 5.91 Å². The van der Waals surface area contributed by atoms with Crippen molar-refractivity contribution in [3.05, 3.63) is 35.6 Å². The van der Waals surface area contributed by atoms with Gasteiger partial charge in [0, 0.05) is 17.6 Å². The molecular formula is C15H18FNO. The van der Waals surface area contributed by atoms with Gasteiger partial charge in [0.15, 0.2) is 0 Å². The molecule has 0 bridgehead atoms. The molecule has 0 radical (unpaired) electrons. The Balaban J connectivity index is 1.83. The molecule has 2 aliphatic carbocycles. The van der Waals surface area contributed by atoms with E-state index in [-0.39, 0.29) is 11.7 Å². The smallest absolute Gasteiger partial charge is 0.254 e. The highest BCUT2D eigenvalue weighted by Gasteiger charge is 2.38. The molecule has 2 saturated carbocycles. The van der Waals surface area contributed by atoms with Crippen LogP contribution in [0.2, 0.25) is 0 Å². The van der Waals surface area contributed by atoms with Gasteiger partial charge in [0.2, 0.25) is 0 Å². The summed E-state index contributed by atoms with van der Waals surface area (Å²) in [5.41, 5.74) is 0.494. The summed E-state index contributed by atoms with van der Waals surface area (Å²) in [6.07, 6.45) is 6.86. The second kappa shape index (κ2) is 4.71. The topological polar surface area (TPSA) is 20.3 Å². The highest BCUT2D eigenvalue weighted by Crippen LogP contribution is 2.35. The van der Waals surface area contributed by atoms with E-state index in [2.05, 4.69) is 0 Å². The van der Waals surface area contributed by atoms with E-state index in [9.17, 15) is 9.18 Å². The van der Waals surface area contributed by atoms with Crippen molar-refractivity contribution in [1.82, 2.24) is 4.90 Å². The second-order valence-electron chi connectivity index (χ2n) is 5.39. The van der Waals surface area contributed by atoms with Crippen molar-refractivity contribution < 1.29 is 9.18 Å². The highest BCUT2D eigenvalue weighted by atomic mass is 19.1. The number of halogens is 1. The van der Waals surface area contributed by atoms with E-state index in [1.54, 1.807) is 12.1 Å². The molecule has 0 spiro atoms. The summed E-state index contributed by atoms with van der Waals surface area (Å²) in [7, 11) is 0. The molecule has 2 aliphatic rings. The number of rotatable bonds is 3. The third kappa shape index (κ3) is 2.26. The highest BCUT2D eigenvalue weighted by molar-refractivity contribution is 5.94. The van der Waals surface area contributed by atoms with Crippen LogP contribution in [0.4, 0.5) is 4.39 Å². The molecule has 3 heteroatoms. The minimum Gasteiger partial charge on any atom is -0.333 e. The van der Waals surface area contributed by atoms with Crippen molar-refractivity contribution in [2.24, 2.45) is 0 Å². The molecule has 0 heterocycles. The molecule has 1 aromatic carbocycles. The van der Waals surface area contributed by atoms with Crippen molar-refractivity contribution in [3.63, 3.8) is 0 Å². The number of nitrogens with zero attached hydrogens (tertiary/aromatic N) is 1. The molecule has 0 atom stereocenters. The fraction of sp³-hybridized carbons (Fsp3) is 0.533. The van der Waals surface area contributed by atoms with Gasteiger partial charge in [-0.05, 0) is 43.9 Å². The van der Waals surface area contributed by atoms with Gasteiger partial charge >= 0.3 is 0 Å². The molecule has 1 aromatic rings. The summed E-state index contributed by atoms with van der Waals surface area (Å²) in [5.74, 6) is -0.313. The quantitative estimate of drug-likeness (QED) is 0.802. The fourth-order valence-corrected chi connectivity index (χ4v) is 2.94. The van der Waals surface area contributed by atoms with Crippen LogP contribution >= 0.6 is 0 Å². The first-order valence-electron chi connectivity index (χ1n) is 6.84. The standard InChI is InChI=1S/C15H18FNO/c16-12-5-3-4-11(10-12)15(18)17(14-8-9-14)13-6-1-2-7-13/h3-5,10,13-14H,1-2,6-9H2. The molecule has 1 amide bonds. The lowest BCUT2D eigenvalue weighted by atomic mass is 10.1. The van der Waals surface area contributed by atoms with Gasteiger partial charge in [-0.25, -0.2) is 4.39 Å². The van der Waals surface area contributed by atoms with Crippen LogP contribution in [0.15, 0.2) is 24.3 Å². The average molecular weight is 247 g/mol. The molecule has 0 unspecified atom stereocenters. The van der Waals surface area contributed by atoms with Gasteiger partial charge in [-0.15, -0.1) is 0 Å². The Labute approximate surface area is 107 Å². The lowest BCUT2D eigenvalue weighted by Gasteiger charge is -2.29. The molecule has 2 nitrogen and oxygen atoms in total. The van der Waals surface area contributed by atoms with Gasteiger partial charge in [0.1, 0.15) is 5.82 Å². The molecule has 0 aromatic heterocycles. The van der Waals surface area contributed by atoms with Crippen molar-refractivity contribution in [3.8, 4) is 0 Å². The normalized spacial score (nSPS) is 20.1. The second-order valence-corrected chi connectivity index (χ2v) is 5.39. The number of carbonyl (C=O) groups is 1. The third-order valence-electron chi connectivity index (χ3n) is 3.96. The van der Waals surface area contributed by atoms with Gasteiger partial charge in [-0.2, -0.15) is 0 Å². The summed E-state index contributed by atoms with van der Waals surface area (Å²) in [6.45, 7) is 0. The molecule has 3 rings (SSSR count). The molecule has 18 heavy (non-hydrogen) atoms. The van der Waals surface area contributed by atoms with E-state index in [0.29, 0.717) is 17.6 Å². The van der Waals surface area contributed by atoms with Crippen LogP contribution < -0.4 is 0 Å². The summed E-state index contributed by atoms with van der Waals surface area (Å²) < 4.78 is 13.2. The number of benzene rings is 1. The van der Waals surface area contributed by atoms with Crippen LogP contribution in [-0.4, -0.2) is 22.9 Å². The summed E-state index contributed by atoms with van der Waals surface area (Å²) in [6, 6.07) is 6.86. The zero-order valence-corrected chi connectivity index (χ0v) is 10.4. The van der Waals surface area contributed by atoms with Crippen LogP contribution in [0.25, 0.3) is 0 Å². The molecule has 0 N–H and O–H groups in total. The Morgan fingerprint density at radius 2 is 1.78 bits per heavy atom. The van der Waals surface area contributed by atoms with Gasteiger partial charge in [0.25, 0.3) is 5.91 Å². The average Bonchev–Trinajstić information content (AvgIpc) is 3.04.